The van der Waals surface area contributed by atoms with Gasteiger partial charge in [0.05, 0.1) is 5.69 Å². The molecular weight excluding hydrogens is 216 g/mol. The number of hydrogen-bond donors (Lipinski definition) is 1. The zero-order valence-electron chi connectivity index (χ0n) is 8.29. The zero-order chi connectivity index (χ0) is 11.3. The second kappa shape index (κ2) is 4.99. The van der Waals surface area contributed by atoms with Crippen LogP contribution in [-0.4, -0.2) is 13.0 Å². The predicted molar refractivity (Wildman–Crippen MR) is 56.5 cm³/mol. The molecule has 0 heterocycles. The molecule has 1 aromatic carbocycles. The lowest BCUT2D eigenvalue weighted by Gasteiger charge is -1.97. The van der Waals surface area contributed by atoms with Crippen molar-refractivity contribution in [3.8, 4) is 0 Å². The lowest BCUT2D eigenvalue weighted by Crippen LogP contribution is -1.88. The number of hydrogen-bond acceptors (Lipinski definition) is 3. The Hall–Kier alpha value is -1.27. The third-order valence-electron chi connectivity index (χ3n) is 1.73. The van der Waals surface area contributed by atoms with Gasteiger partial charge in [0.1, 0.15) is 0 Å². The molecule has 1 aromatic rings. The van der Waals surface area contributed by atoms with Crippen LogP contribution >= 0.6 is 0 Å². The van der Waals surface area contributed by atoms with Crippen molar-refractivity contribution in [1.29, 1.82) is 0 Å². The van der Waals surface area contributed by atoms with E-state index in [0.29, 0.717) is 5.69 Å². The Morgan fingerprint density at radius 1 is 1.27 bits per heavy atom. The molecule has 0 unspecified atom stereocenters. The summed E-state index contributed by atoms with van der Waals surface area (Å²) < 4.78 is 31.6. The van der Waals surface area contributed by atoms with E-state index in [4.69, 9.17) is 4.55 Å². The van der Waals surface area contributed by atoms with Gasteiger partial charge in [-0.2, -0.15) is 8.42 Å². The molecule has 1 rings (SSSR count). The lowest BCUT2D eigenvalue weighted by molar-refractivity contribution is 0.482. The van der Waals surface area contributed by atoms with Gasteiger partial charge in [-0.1, -0.05) is 25.5 Å². The van der Waals surface area contributed by atoms with E-state index in [1.165, 1.54) is 0 Å². The second-order valence-corrected chi connectivity index (χ2v) is 4.10. The molecule has 0 saturated carbocycles. The van der Waals surface area contributed by atoms with E-state index in [-0.39, 0.29) is 0 Å². The summed E-state index contributed by atoms with van der Waals surface area (Å²) in [7, 11) is -4.38. The third-order valence-corrected chi connectivity index (χ3v) is 2.02. The molecule has 0 spiro atoms. The van der Waals surface area contributed by atoms with E-state index >= 15 is 0 Å². The van der Waals surface area contributed by atoms with E-state index in [2.05, 4.69) is 16.6 Å². The number of nitrogens with zero attached hydrogens (tertiary/aromatic N) is 2. The fraction of sp³-hybridized carbons (Fsp3) is 0.333. The van der Waals surface area contributed by atoms with E-state index in [1.807, 2.05) is 12.1 Å². The van der Waals surface area contributed by atoms with Crippen molar-refractivity contribution in [1.82, 2.24) is 0 Å². The summed E-state index contributed by atoms with van der Waals surface area (Å²) in [6, 6.07) is 7.00. The smallest absolute Gasteiger partial charge is 0.267 e. The minimum absolute atomic E-state index is 0.396. The number of aryl methyl sites for hydroxylation is 1. The van der Waals surface area contributed by atoms with Gasteiger partial charge >= 0.3 is 10.3 Å². The van der Waals surface area contributed by atoms with Crippen LogP contribution in [0.3, 0.4) is 0 Å². The van der Waals surface area contributed by atoms with Crippen LogP contribution in [-0.2, 0) is 16.7 Å². The minimum atomic E-state index is -4.38. The molecule has 1 N–H and O–H groups in total. The van der Waals surface area contributed by atoms with Crippen LogP contribution in [0.5, 0.6) is 0 Å². The van der Waals surface area contributed by atoms with Gasteiger partial charge in [0, 0.05) is 0 Å². The van der Waals surface area contributed by atoms with Gasteiger partial charge in [-0.25, -0.2) is 0 Å². The molecule has 0 radical (unpaired) electrons. The van der Waals surface area contributed by atoms with Crippen molar-refractivity contribution in [2.24, 2.45) is 9.63 Å². The normalized spacial score (nSPS) is 12.1. The first-order valence-corrected chi connectivity index (χ1v) is 5.90. The summed E-state index contributed by atoms with van der Waals surface area (Å²) >= 11 is 0. The Kier molecular flexibility index (Phi) is 3.93. The van der Waals surface area contributed by atoms with Crippen LogP contribution in [0, 0.1) is 0 Å². The molecule has 0 saturated heterocycles. The highest BCUT2D eigenvalue weighted by Crippen LogP contribution is 2.14. The first kappa shape index (κ1) is 11.8. The largest absolute Gasteiger partial charge is 0.396 e. The van der Waals surface area contributed by atoms with Gasteiger partial charge in [-0.15, -0.1) is 5.11 Å². The van der Waals surface area contributed by atoms with Gasteiger partial charge in [0.25, 0.3) is 0 Å². The van der Waals surface area contributed by atoms with Crippen molar-refractivity contribution >= 4 is 16.0 Å². The number of rotatable bonds is 4. The average molecular weight is 228 g/mol. The molecule has 0 aromatic heterocycles. The molecule has 0 amide bonds. The molecule has 0 bridgehead atoms. The van der Waals surface area contributed by atoms with Gasteiger partial charge in [0.2, 0.25) is 0 Å². The maximum absolute atomic E-state index is 10.3. The third kappa shape index (κ3) is 4.66. The quantitative estimate of drug-likeness (QED) is 0.635. The molecule has 6 heteroatoms. The van der Waals surface area contributed by atoms with E-state index in [0.717, 1.165) is 18.4 Å². The summed E-state index contributed by atoms with van der Waals surface area (Å²) in [5.41, 5.74) is 1.55. The molecule has 0 aliphatic carbocycles. The Labute approximate surface area is 88.7 Å². The number of benzene rings is 1. The van der Waals surface area contributed by atoms with Crippen LogP contribution in [0.1, 0.15) is 18.9 Å². The molecule has 0 aliphatic rings. The summed E-state index contributed by atoms with van der Waals surface area (Å²) in [5, 5.41) is 3.37. The molecule has 0 aliphatic heterocycles. The average Bonchev–Trinajstić information content (AvgIpc) is 2.16. The fourth-order valence-electron chi connectivity index (χ4n) is 1.12. The minimum Gasteiger partial charge on any atom is -0.267 e. The van der Waals surface area contributed by atoms with E-state index in [1.54, 1.807) is 12.1 Å². The van der Waals surface area contributed by atoms with E-state index < -0.39 is 10.3 Å². The van der Waals surface area contributed by atoms with Crippen LogP contribution in [0.25, 0.3) is 0 Å². The van der Waals surface area contributed by atoms with Crippen LogP contribution < -0.4 is 0 Å². The zero-order valence-corrected chi connectivity index (χ0v) is 9.11. The molecule has 0 fully saturated rings. The van der Waals surface area contributed by atoms with Crippen LogP contribution in [0.4, 0.5) is 5.69 Å². The van der Waals surface area contributed by atoms with Crippen molar-refractivity contribution in [2.75, 3.05) is 0 Å². The molecule has 15 heavy (non-hydrogen) atoms. The van der Waals surface area contributed by atoms with Crippen molar-refractivity contribution in [3.05, 3.63) is 29.8 Å². The monoisotopic (exact) mass is 228 g/mol. The Morgan fingerprint density at radius 2 is 1.87 bits per heavy atom. The first-order chi connectivity index (χ1) is 7.01. The maximum atomic E-state index is 10.3. The molecule has 82 valence electrons. The Balaban J connectivity index is 2.77. The molecular formula is C9H12N2O3S. The highest BCUT2D eigenvalue weighted by molar-refractivity contribution is 7.84. The molecule has 0 atom stereocenters. The second-order valence-electron chi connectivity index (χ2n) is 3.05. The Morgan fingerprint density at radius 3 is 2.33 bits per heavy atom. The topological polar surface area (TPSA) is 79.1 Å². The maximum Gasteiger partial charge on any atom is 0.396 e. The lowest BCUT2D eigenvalue weighted by atomic mass is 10.1. The predicted octanol–water partition coefficient (Wildman–Crippen LogP) is 2.53. The van der Waals surface area contributed by atoms with Crippen LogP contribution in [0.15, 0.2) is 33.9 Å². The van der Waals surface area contributed by atoms with E-state index in [9.17, 15) is 8.42 Å². The van der Waals surface area contributed by atoms with Gasteiger partial charge in [-0.05, 0) is 28.6 Å². The first-order valence-electron chi connectivity index (χ1n) is 4.50. The SMILES string of the molecule is CCCc1ccc(N=NS(=O)(=O)O)cc1. The van der Waals surface area contributed by atoms with Gasteiger partial charge in [0.15, 0.2) is 0 Å². The van der Waals surface area contributed by atoms with Crippen molar-refractivity contribution < 1.29 is 13.0 Å². The van der Waals surface area contributed by atoms with Gasteiger partial charge < -0.3 is 0 Å². The standard InChI is InChI=1S/C9H12N2O3S/c1-2-3-8-4-6-9(7-5-8)10-11-15(12,13)14/h4-7H,2-3H2,1H3,(H,12,13,14). The molecule has 5 nitrogen and oxygen atoms in total. The summed E-state index contributed by atoms with van der Waals surface area (Å²) in [6.45, 7) is 2.08. The highest BCUT2D eigenvalue weighted by atomic mass is 32.2. The van der Waals surface area contributed by atoms with Crippen LogP contribution in [0.2, 0.25) is 0 Å². The summed E-state index contributed by atoms with van der Waals surface area (Å²) in [6.07, 6.45) is 2.02. The van der Waals surface area contributed by atoms with Gasteiger partial charge in [-0.3, -0.25) is 4.55 Å². The Bertz CT molecular complexity index is 437. The van der Waals surface area contributed by atoms with Crippen molar-refractivity contribution in [2.45, 2.75) is 19.8 Å². The fourth-order valence-corrected chi connectivity index (χ4v) is 1.31. The highest BCUT2D eigenvalue weighted by Gasteiger charge is 1.98. The summed E-state index contributed by atoms with van der Waals surface area (Å²) in [4.78, 5) is 0. The van der Waals surface area contributed by atoms with Crippen molar-refractivity contribution in [3.63, 3.8) is 0 Å². The summed E-state index contributed by atoms with van der Waals surface area (Å²) in [5.74, 6) is 0.